The van der Waals surface area contributed by atoms with Crippen LogP contribution in [-0.4, -0.2) is 29.4 Å². The molecule has 5 heteroatoms. The van der Waals surface area contributed by atoms with Gasteiger partial charge in [-0.25, -0.2) is 4.79 Å². The fourth-order valence-electron chi connectivity index (χ4n) is 1.70. The van der Waals surface area contributed by atoms with Crippen LogP contribution in [0.4, 0.5) is 4.79 Å². The van der Waals surface area contributed by atoms with E-state index < -0.39 is 11.7 Å². The zero-order chi connectivity index (χ0) is 15.2. The first-order valence-electron chi connectivity index (χ1n) is 6.44. The van der Waals surface area contributed by atoms with Crippen LogP contribution in [0.3, 0.4) is 0 Å². The molecule has 0 aromatic heterocycles. The van der Waals surface area contributed by atoms with E-state index in [4.69, 9.17) is 4.74 Å². The number of carbonyl (C=O) groups excluding carboxylic acids is 2. The average molecular weight is 342 g/mol. The predicted molar refractivity (Wildman–Crippen MR) is 82.2 cm³/mol. The van der Waals surface area contributed by atoms with Crippen molar-refractivity contribution >= 4 is 27.8 Å². The Morgan fingerprint density at radius 2 is 1.85 bits per heavy atom. The van der Waals surface area contributed by atoms with E-state index in [9.17, 15) is 9.59 Å². The number of amides is 1. The highest BCUT2D eigenvalue weighted by Gasteiger charge is 2.22. The van der Waals surface area contributed by atoms with Crippen LogP contribution in [0.1, 0.15) is 32.3 Å². The summed E-state index contributed by atoms with van der Waals surface area (Å²) in [5.41, 5.74) is 0.333. The van der Waals surface area contributed by atoms with Crippen LogP contribution >= 0.6 is 15.9 Å². The van der Waals surface area contributed by atoms with Gasteiger partial charge in [0, 0.05) is 6.54 Å². The van der Waals surface area contributed by atoms with E-state index in [1.54, 1.807) is 20.8 Å². The monoisotopic (exact) mass is 341 g/mol. The first-order valence-corrected chi connectivity index (χ1v) is 7.56. The van der Waals surface area contributed by atoms with Crippen molar-refractivity contribution in [3.05, 3.63) is 35.9 Å². The molecule has 1 aromatic rings. The van der Waals surface area contributed by atoms with Crippen molar-refractivity contribution in [3.8, 4) is 0 Å². The van der Waals surface area contributed by atoms with Crippen molar-refractivity contribution in [2.24, 2.45) is 0 Å². The van der Waals surface area contributed by atoms with E-state index in [-0.39, 0.29) is 23.6 Å². The third-order valence-electron chi connectivity index (χ3n) is 2.57. The van der Waals surface area contributed by atoms with Crippen LogP contribution in [0.5, 0.6) is 0 Å². The largest absolute Gasteiger partial charge is 0.444 e. The van der Waals surface area contributed by atoms with Crippen molar-refractivity contribution in [1.29, 1.82) is 0 Å². The van der Waals surface area contributed by atoms with Gasteiger partial charge in [0.15, 0.2) is 5.78 Å². The third kappa shape index (κ3) is 5.74. The molecular weight excluding hydrogens is 322 g/mol. The third-order valence-corrected chi connectivity index (χ3v) is 3.12. The fraction of sp³-hybridized carbons (Fsp3) is 0.467. The molecule has 1 aromatic carbocycles. The highest BCUT2D eigenvalue weighted by atomic mass is 79.9. The van der Waals surface area contributed by atoms with Crippen LogP contribution < -0.4 is 5.32 Å². The summed E-state index contributed by atoms with van der Waals surface area (Å²) < 4.78 is 5.16. The molecule has 0 fully saturated rings. The first kappa shape index (κ1) is 16.7. The van der Waals surface area contributed by atoms with Gasteiger partial charge in [-0.2, -0.15) is 0 Å². The lowest BCUT2D eigenvalue weighted by molar-refractivity contribution is -0.117. The molecule has 1 atom stereocenters. The maximum absolute atomic E-state index is 12.0. The smallest absolute Gasteiger partial charge is 0.407 e. The highest BCUT2D eigenvalue weighted by molar-refractivity contribution is 9.09. The molecule has 4 nitrogen and oxygen atoms in total. The van der Waals surface area contributed by atoms with Gasteiger partial charge in [0.05, 0.1) is 11.2 Å². The van der Waals surface area contributed by atoms with Gasteiger partial charge in [-0.1, -0.05) is 46.3 Å². The molecule has 0 aliphatic heterocycles. The van der Waals surface area contributed by atoms with Gasteiger partial charge in [-0.3, -0.25) is 4.79 Å². The number of hydrogen-bond acceptors (Lipinski definition) is 3. The van der Waals surface area contributed by atoms with Crippen LogP contribution in [-0.2, 0) is 9.53 Å². The molecule has 0 bridgehead atoms. The number of ketones is 1. The Hall–Kier alpha value is -1.36. The molecule has 20 heavy (non-hydrogen) atoms. The number of rotatable bonds is 5. The second-order valence-corrected chi connectivity index (χ2v) is 6.01. The number of carbonyl (C=O) groups is 2. The summed E-state index contributed by atoms with van der Waals surface area (Å²) in [4.78, 5) is 23.6. The molecule has 1 unspecified atom stereocenters. The number of alkyl halides is 1. The van der Waals surface area contributed by atoms with Gasteiger partial charge in [0.25, 0.3) is 0 Å². The summed E-state index contributed by atoms with van der Waals surface area (Å²) in [7, 11) is 0. The van der Waals surface area contributed by atoms with Crippen molar-refractivity contribution < 1.29 is 14.3 Å². The quantitative estimate of drug-likeness (QED) is 0.836. The number of Topliss-reactive ketones (excluding diaryl/α,β-unsaturated/α-hetero) is 1. The Balaban J connectivity index is 2.68. The van der Waals surface area contributed by atoms with E-state index in [1.165, 1.54) is 0 Å². The summed E-state index contributed by atoms with van der Waals surface area (Å²) in [5, 5.41) is 2.90. The molecular formula is C15H20BrNO3. The zero-order valence-electron chi connectivity index (χ0n) is 12.0. The van der Waals surface area contributed by atoms with Gasteiger partial charge < -0.3 is 10.1 Å². The molecule has 0 heterocycles. The summed E-state index contributed by atoms with van der Waals surface area (Å²) in [6, 6.07) is 9.39. The standard InChI is InChI=1S/C15H20BrNO3/c1-15(2,3)20-14(19)17-10-12(13(18)9-16)11-7-5-4-6-8-11/h4-8,12H,9-10H2,1-3H3,(H,17,19). The van der Waals surface area contributed by atoms with Gasteiger partial charge in [0.1, 0.15) is 5.60 Å². The molecule has 0 aliphatic carbocycles. The molecule has 1 rings (SSSR count). The van der Waals surface area contributed by atoms with E-state index >= 15 is 0 Å². The van der Waals surface area contributed by atoms with Crippen LogP contribution in [0.15, 0.2) is 30.3 Å². The van der Waals surface area contributed by atoms with E-state index in [0.717, 1.165) is 5.56 Å². The Morgan fingerprint density at radius 3 is 2.35 bits per heavy atom. The Labute approximate surface area is 128 Å². The fourth-order valence-corrected chi connectivity index (χ4v) is 2.09. The van der Waals surface area contributed by atoms with Crippen molar-refractivity contribution in [2.45, 2.75) is 32.3 Å². The normalized spacial score (nSPS) is 12.6. The van der Waals surface area contributed by atoms with Gasteiger partial charge in [-0.05, 0) is 26.3 Å². The molecule has 110 valence electrons. The Morgan fingerprint density at radius 1 is 1.25 bits per heavy atom. The number of alkyl carbamates (subject to hydrolysis) is 1. The maximum Gasteiger partial charge on any atom is 0.407 e. The SMILES string of the molecule is CC(C)(C)OC(=O)NCC(C(=O)CBr)c1ccccc1. The summed E-state index contributed by atoms with van der Waals surface area (Å²) in [6.07, 6.45) is -0.513. The van der Waals surface area contributed by atoms with E-state index in [2.05, 4.69) is 21.2 Å². The molecule has 0 saturated carbocycles. The topological polar surface area (TPSA) is 55.4 Å². The lowest BCUT2D eigenvalue weighted by Gasteiger charge is -2.21. The lowest BCUT2D eigenvalue weighted by atomic mass is 9.95. The number of benzene rings is 1. The number of halogens is 1. The van der Waals surface area contributed by atoms with Crippen molar-refractivity contribution in [3.63, 3.8) is 0 Å². The Kier molecular flexibility index (Phi) is 6.20. The number of hydrogen-bond donors (Lipinski definition) is 1. The summed E-state index contributed by atoms with van der Waals surface area (Å²) in [6.45, 7) is 5.62. The molecule has 0 spiro atoms. The van der Waals surface area contributed by atoms with Crippen molar-refractivity contribution in [1.82, 2.24) is 5.32 Å². The molecule has 0 saturated heterocycles. The maximum atomic E-state index is 12.0. The minimum absolute atomic E-state index is 0.0206. The molecule has 0 radical (unpaired) electrons. The Bertz CT molecular complexity index is 454. The van der Waals surface area contributed by atoms with Gasteiger partial charge >= 0.3 is 6.09 Å². The van der Waals surface area contributed by atoms with Crippen LogP contribution in [0, 0.1) is 0 Å². The molecule has 0 aliphatic rings. The van der Waals surface area contributed by atoms with E-state index in [1.807, 2.05) is 30.3 Å². The van der Waals surface area contributed by atoms with Gasteiger partial charge in [0.2, 0.25) is 0 Å². The van der Waals surface area contributed by atoms with Crippen LogP contribution in [0.2, 0.25) is 0 Å². The minimum atomic E-state index is -0.550. The van der Waals surface area contributed by atoms with Gasteiger partial charge in [-0.15, -0.1) is 0 Å². The molecule has 1 N–H and O–H groups in total. The summed E-state index contributed by atoms with van der Waals surface area (Å²) in [5.74, 6) is -0.352. The highest BCUT2D eigenvalue weighted by Crippen LogP contribution is 2.17. The number of nitrogens with one attached hydrogen (secondary N) is 1. The average Bonchev–Trinajstić information content (AvgIpc) is 2.37. The molecule has 1 amide bonds. The predicted octanol–water partition coefficient (Wildman–Crippen LogP) is 3.26. The zero-order valence-corrected chi connectivity index (χ0v) is 13.6. The van der Waals surface area contributed by atoms with E-state index in [0.29, 0.717) is 0 Å². The van der Waals surface area contributed by atoms with Crippen LogP contribution in [0.25, 0.3) is 0 Å². The lowest BCUT2D eigenvalue weighted by Crippen LogP contribution is -2.36. The number of ether oxygens (including phenoxy) is 1. The second kappa shape index (κ2) is 7.43. The van der Waals surface area contributed by atoms with Crippen molar-refractivity contribution in [2.75, 3.05) is 11.9 Å². The second-order valence-electron chi connectivity index (χ2n) is 5.45. The summed E-state index contributed by atoms with van der Waals surface area (Å²) >= 11 is 3.18. The minimum Gasteiger partial charge on any atom is -0.444 e. The first-order chi connectivity index (χ1) is 9.33.